The molecule has 0 saturated carbocycles. The molecule has 7 atom stereocenters. The maximum atomic E-state index is 14.3. The number of benzene rings is 1. The number of unbranched alkanes of at least 4 members (excludes halogenated alkanes) is 1. The summed E-state index contributed by atoms with van der Waals surface area (Å²) in [4.78, 5) is 112. The number of nitrogen functional groups attached to an aromatic ring is 1. The SMILES string of the molecule is CC(=O)N[C@@H](C)C(=O)N[C@@H](CC(C)C)C(=O)N[C@@H](CC(C)C)C(=O)N[C@@H](CC(C)C)C(=O)N[C@@H](CCCN=C(N)N)C(=O)N[C@H](C(=O)N[C@@H](CCCCN)C(=O)NCc1ccc(C(=N)N)cc1)C(C)C. The third kappa shape index (κ3) is 24.3. The Balaban J connectivity index is 3.42. The minimum atomic E-state index is -1.24. The first-order valence-electron chi connectivity index (χ1n) is 24.3. The van der Waals surface area contributed by atoms with Crippen LogP contribution in [-0.4, -0.2) is 114 Å². The van der Waals surface area contributed by atoms with Crippen LogP contribution in [0.15, 0.2) is 29.3 Å². The lowest BCUT2D eigenvalue weighted by molar-refractivity contribution is -0.136. The topological polar surface area (TPSA) is 373 Å². The van der Waals surface area contributed by atoms with E-state index in [2.05, 4.69) is 47.5 Å². The van der Waals surface area contributed by atoms with Crippen molar-refractivity contribution in [3.8, 4) is 0 Å². The summed E-state index contributed by atoms with van der Waals surface area (Å²) in [5.41, 5.74) is 23.6. The van der Waals surface area contributed by atoms with Gasteiger partial charge in [0.2, 0.25) is 47.3 Å². The summed E-state index contributed by atoms with van der Waals surface area (Å²) in [6.45, 7) is 18.0. The molecule has 0 aliphatic carbocycles. The predicted octanol–water partition coefficient (Wildman–Crippen LogP) is -0.00283. The average molecular weight is 985 g/mol. The second-order valence-electron chi connectivity index (χ2n) is 19.4. The van der Waals surface area contributed by atoms with Crippen molar-refractivity contribution in [3.63, 3.8) is 0 Å². The lowest BCUT2D eigenvalue weighted by atomic mass is 9.98. The van der Waals surface area contributed by atoms with Crippen LogP contribution in [0, 0.1) is 29.1 Å². The molecule has 8 amide bonds. The van der Waals surface area contributed by atoms with Gasteiger partial charge in [-0.05, 0) is 94.1 Å². The predicted molar refractivity (Wildman–Crippen MR) is 270 cm³/mol. The summed E-state index contributed by atoms with van der Waals surface area (Å²) >= 11 is 0. The Bertz CT molecular complexity index is 1920. The Morgan fingerprint density at radius 1 is 0.543 bits per heavy atom. The van der Waals surface area contributed by atoms with Gasteiger partial charge in [-0.25, -0.2) is 0 Å². The fourth-order valence-electron chi connectivity index (χ4n) is 7.29. The molecule has 0 aliphatic heterocycles. The quantitative estimate of drug-likeness (QED) is 0.0258. The molecule has 22 nitrogen and oxygen atoms in total. The summed E-state index contributed by atoms with van der Waals surface area (Å²) in [5.74, 6) is -5.78. The number of hydrogen-bond acceptors (Lipinski definition) is 11. The number of amides is 8. The van der Waals surface area contributed by atoms with Crippen LogP contribution in [0.2, 0.25) is 0 Å². The summed E-state index contributed by atoms with van der Waals surface area (Å²) in [5, 5.41) is 29.6. The van der Waals surface area contributed by atoms with E-state index in [1.54, 1.807) is 38.1 Å². The Morgan fingerprint density at radius 2 is 0.971 bits per heavy atom. The number of hydrogen-bond donors (Lipinski definition) is 13. The van der Waals surface area contributed by atoms with Gasteiger partial charge in [0.25, 0.3) is 0 Å². The van der Waals surface area contributed by atoms with Gasteiger partial charge in [0.15, 0.2) is 5.96 Å². The minimum Gasteiger partial charge on any atom is -0.384 e. The van der Waals surface area contributed by atoms with E-state index >= 15 is 0 Å². The van der Waals surface area contributed by atoms with Gasteiger partial charge in [-0.1, -0.05) is 79.7 Å². The van der Waals surface area contributed by atoms with Crippen LogP contribution in [0.3, 0.4) is 0 Å². The average Bonchev–Trinajstić information content (AvgIpc) is 3.26. The van der Waals surface area contributed by atoms with Crippen molar-refractivity contribution in [1.29, 1.82) is 5.41 Å². The number of carbonyl (C=O) groups excluding carboxylic acids is 8. The van der Waals surface area contributed by atoms with E-state index in [1.807, 2.05) is 41.5 Å². The lowest BCUT2D eigenvalue weighted by Crippen LogP contribution is -2.60. The van der Waals surface area contributed by atoms with Crippen molar-refractivity contribution in [2.45, 2.75) is 169 Å². The molecule has 0 radical (unpaired) electrons. The second kappa shape index (κ2) is 31.7. The number of nitrogens with one attached hydrogen (secondary N) is 9. The second-order valence-corrected chi connectivity index (χ2v) is 19.4. The minimum absolute atomic E-state index is 0.0240. The number of amidine groups is 1. The maximum absolute atomic E-state index is 14.3. The van der Waals surface area contributed by atoms with Gasteiger partial charge in [0.05, 0.1) is 0 Å². The van der Waals surface area contributed by atoms with E-state index in [4.69, 9.17) is 28.3 Å². The van der Waals surface area contributed by atoms with Crippen molar-refractivity contribution in [1.82, 2.24) is 42.5 Å². The van der Waals surface area contributed by atoms with E-state index in [-0.39, 0.29) is 81.2 Å². The van der Waals surface area contributed by atoms with Crippen LogP contribution >= 0.6 is 0 Å². The third-order valence-corrected chi connectivity index (χ3v) is 11.0. The van der Waals surface area contributed by atoms with Gasteiger partial charge in [-0.2, -0.15) is 0 Å². The lowest BCUT2D eigenvalue weighted by Gasteiger charge is -2.29. The number of rotatable bonds is 32. The first-order valence-corrected chi connectivity index (χ1v) is 24.3. The number of nitrogens with two attached hydrogens (primary N) is 4. The molecule has 1 aromatic rings. The van der Waals surface area contributed by atoms with Crippen molar-refractivity contribution in [2.24, 2.45) is 51.6 Å². The molecule has 0 unspecified atom stereocenters. The van der Waals surface area contributed by atoms with Crippen LogP contribution in [0.4, 0.5) is 0 Å². The molecule has 0 aromatic heterocycles. The molecular formula is C48H84N14O8. The Hall–Kier alpha value is -6.32. The van der Waals surface area contributed by atoms with E-state index < -0.39 is 95.5 Å². The molecule has 394 valence electrons. The number of guanidine groups is 1. The van der Waals surface area contributed by atoms with Gasteiger partial charge in [0, 0.05) is 25.6 Å². The molecule has 0 bridgehead atoms. The molecule has 0 aliphatic rings. The van der Waals surface area contributed by atoms with Gasteiger partial charge < -0.3 is 65.5 Å². The highest BCUT2D eigenvalue weighted by molar-refractivity contribution is 5.98. The largest absolute Gasteiger partial charge is 0.384 e. The number of aliphatic imine (C=N–C) groups is 1. The fourth-order valence-corrected chi connectivity index (χ4v) is 7.29. The van der Waals surface area contributed by atoms with Crippen LogP contribution in [-0.2, 0) is 44.9 Å². The van der Waals surface area contributed by atoms with E-state index in [0.717, 1.165) is 5.56 Å². The monoisotopic (exact) mass is 985 g/mol. The van der Waals surface area contributed by atoms with Crippen molar-refractivity contribution in [3.05, 3.63) is 35.4 Å². The number of carbonyl (C=O) groups is 8. The molecule has 22 heteroatoms. The highest BCUT2D eigenvalue weighted by Crippen LogP contribution is 2.14. The van der Waals surface area contributed by atoms with Crippen molar-refractivity contribution in [2.75, 3.05) is 13.1 Å². The van der Waals surface area contributed by atoms with Crippen LogP contribution in [0.25, 0.3) is 0 Å². The van der Waals surface area contributed by atoms with Gasteiger partial charge in [-0.3, -0.25) is 48.8 Å². The Kier molecular flexibility index (Phi) is 28.0. The molecular weight excluding hydrogens is 901 g/mol. The van der Waals surface area contributed by atoms with Crippen molar-refractivity contribution < 1.29 is 38.4 Å². The summed E-state index contributed by atoms with van der Waals surface area (Å²) in [6.07, 6.45) is 2.20. The summed E-state index contributed by atoms with van der Waals surface area (Å²) in [6, 6.07) is -0.860. The molecule has 0 spiro atoms. The van der Waals surface area contributed by atoms with Crippen molar-refractivity contribution >= 4 is 59.1 Å². The van der Waals surface area contributed by atoms with Gasteiger partial charge >= 0.3 is 0 Å². The zero-order valence-corrected chi connectivity index (χ0v) is 43.0. The maximum Gasteiger partial charge on any atom is 0.243 e. The summed E-state index contributed by atoms with van der Waals surface area (Å²) in [7, 11) is 0. The molecule has 70 heavy (non-hydrogen) atoms. The smallest absolute Gasteiger partial charge is 0.243 e. The van der Waals surface area contributed by atoms with Crippen LogP contribution in [0.5, 0.6) is 0 Å². The molecule has 0 fully saturated rings. The zero-order chi connectivity index (χ0) is 53.2. The highest BCUT2D eigenvalue weighted by Gasteiger charge is 2.35. The Labute approximate surface area is 413 Å². The van der Waals surface area contributed by atoms with Gasteiger partial charge in [-0.15, -0.1) is 0 Å². The van der Waals surface area contributed by atoms with E-state index in [1.165, 1.54) is 13.8 Å². The standard InChI is InChI=1S/C48H84N14O8/c1-26(2)22-36(59-41(64)30(9)56-31(10)63)45(68)61-38(24-28(5)6)46(69)60-37(23-27(3)4)44(67)57-35(15-13-21-54-48(52)53)43(66)62-39(29(7)8)47(70)58-34(14-11-12-20-49)42(65)55-25-32-16-18-33(19-17-32)40(50)51/h16-19,26-30,34-39H,11-15,20-25,49H2,1-10H3,(H3,50,51)(H,55,65)(H,56,63)(H,57,67)(H,58,70)(H,59,64)(H,60,69)(H,61,68)(H,62,66)(H4,52,53,54)/t30-,34-,35-,36-,37-,38-,39-/m0/s1. The van der Waals surface area contributed by atoms with Gasteiger partial charge in [0.1, 0.15) is 48.1 Å². The first kappa shape index (κ1) is 61.7. The Morgan fingerprint density at radius 3 is 1.40 bits per heavy atom. The molecule has 17 N–H and O–H groups in total. The molecule has 0 heterocycles. The fraction of sp³-hybridized carbons (Fsp3) is 0.667. The normalized spacial score (nSPS) is 14.2. The third-order valence-electron chi connectivity index (χ3n) is 11.0. The first-order chi connectivity index (χ1) is 32.7. The van der Waals surface area contributed by atoms with Crippen LogP contribution in [0.1, 0.15) is 132 Å². The van der Waals surface area contributed by atoms with Crippen LogP contribution < -0.4 is 65.5 Å². The molecule has 1 aromatic carbocycles. The number of nitrogens with zero attached hydrogens (tertiary/aromatic N) is 1. The summed E-state index contributed by atoms with van der Waals surface area (Å²) < 4.78 is 0. The van der Waals surface area contributed by atoms with E-state index in [0.29, 0.717) is 24.9 Å². The van der Waals surface area contributed by atoms with E-state index in [9.17, 15) is 38.4 Å². The zero-order valence-electron chi connectivity index (χ0n) is 43.0. The molecule has 1 rings (SSSR count). The molecule has 0 saturated heterocycles. The highest BCUT2D eigenvalue weighted by atomic mass is 16.2.